The van der Waals surface area contributed by atoms with Crippen molar-refractivity contribution in [3.63, 3.8) is 0 Å². The monoisotopic (exact) mass is 211 g/mol. The highest BCUT2D eigenvalue weighted by atomic mass is 32.2. The quantitative estimate of drug-likeness (QED) is 0.603. The Morgan fingerprint density at radius 1 is 1.36 bits per heavy atom. The number of nitrogens with zero attached hydrogens (tertiary/aromatic N) is 2. The van der Waals surface area contributed by atoms with Gasteiger partial charge >= 0.3 is 0 Å². The first-order valence-electron chi connectivity index (χ1n) is 4.63. The average Bonchev–Trinajstić information content (AvgIpc) is 2.06. The number of thioether (sulfide) groups is 1. The Hall–Kier alpha value is -0.770. The number of hydrogen-bond acceptors (Lipinski definition) is 4. The number of anilines is 1. The number of rotatable bonds is 2. The summed E-state index contributed by atoms with van der Waals surface area (Å²) >= 11 is 1.77. The van der Waals surface area contributed by atoms with Gasteiger partial charge in [0.25, 0.3) is 0 Å². The zero-order valence-electron chi connectivity index (χ0n) is 9.38. The second-order valence-corrected chi connectivity index (χ2v) is 5.96. The van der Waals surface area contributed by atoms with Gasteiger partial charge in [0.05, 0.1) is 0 Å². The van der Waals surface area contributed by atoms with E-state index in [1.165, 1.54) is 0 Å². The van der Waals surface area contributed by atoms with Crippen LogP contribution in [0.2, 0.25) is 0 Å². The Balaban J connectivity index is 2.95. The first kappa shape index (κ1) is 11.3. The predicted octanol–water partition coefficient (Wildman–Crippen LogP) is 2.72. The van der Waals surface area contributed by atoms with E-state index in [-0.39, 0.29) is 4.75 Å². The minimum Gasteiger partial charge on any atom is -0.357 e. The maximum atomic E-state index is 4.42. The van der Waals surface area contributed by atoms with E-state index in [1.54, 1.807) is 11.8 Å². The lowest BCUT2D eigenvalue weighted by atomic mass is 10.3. The summed E-state index contributed by atoms with van der Waals surface area (Å²) < 4.78 is 0.185. The third-order valence-electron chi connectivity index (χ3n) is 1.55. The maximum Gasteiger partial charge on any atom is 0.223 e. The van der Waals surface area contributed by atoms with Gasteiger partial charge in [-0.05, 0) is 12.5 Å². The summed E-state index contributed by atoms with van der Waals surface area (Å²) in [6.45, 7) is 8.57. The highest BCUT2D eigenvalue weighted by molar-refractivity contribution is 8.00. The lowest BCUT2D eigenvalue weighted by Crippen LogP contribution is -2.09. The van der Waals surface area contributed by atoms with Crippen LogP contribution in [0.15, 0.2) is 11.2 Å². The van der Waals surface area contributed by atoms with Gasteiger partial charge in [-0.3, -0.25) is 0 Å². The molecule has 0 fully saturated rings. The minimum absolute atomic E-state index is 0.185. The molecule has 14 heavy (non-hydrogen) atoms. The molecule has 0 radical (unpaired) electrons. The van der Waals surface area contributed by atoms with Crippen LogP contribution in [0, 0.1) is 6.92 Å². The van der Waals surface area contributed by atoms with E-state index in [0.29, 0.717) is 5.95 Å². The van der Waals surface area contributed by atoms with Crippen LogP contribution in [0.3, 0.4) is 0 Å². The summed E-state index contributed by atoms with van der Waals surface area (Å²) in [6.07, 6.45) is 1.85. The molecule has 1 aromatic heterocycles. The van der Waals surface area contributed by atoms with Crippen molar-refractivity contribution in [3.05, 3.63) is 11.8 Å². The lowest BCUT2D eigenvalue weighted by Gasteiger charge is -2.18. The molecule has 0 aliphatic carbocycles. The zero-order valence-corrected chi connectivity index (χ0v) is 10.2. The summed E-state index contributed by atoms with van der Waals surface area (Å²) in [5.41, 5.74) is 1.13. The van der Waals surface area contributed by atoms with Gasteiger partial charge in [-0.15, -0.1) is 11.8 Å². The third-order valence-corrected chi connectivity index (χ3v) is 2.77. The van der Waals surface area contributed by atoms with Crippen molar-refractivity contribution >= 4 is 17.7 Å². The fourth-order valence-electron chi connectivity index (χ4n) is 0.940. The number of aryl methyl sites for hydroxylation is 1. The fourth-order valence-corrected chi connectivity index (χ4v) is 1.87. The van der Waals surface area contributed by atoms with Crippen molar-refractivity contribution in [2.45, 2.75) is 37.5 Å². The van der Waals surface area contributed by atoms with Gasteiger partial charge in [0.1, 0.15) is 5.03 Å². The summed E-state index contributed by atoms with van der Waals surface area (Å²) in [7, 11) is 1.83. The standard InChI is InChI=1S/C10H17N3S/c1-7-6-12-9(11-5)13-8(7)14-10(2,3)4/h6H,1-5H3,(H,11,12,13). The van der Waals surface area contributed by atoms with Crippen molar-refractivity contribution < 1.29 is 0 Å². The van der Waals surface area contributed by atoms with Crippen molar-refractivity contribution in [1.82, 2.24) is 9.97 Å². The van der Waals surface area contributed by atoms with Gasteiger partial charge < -0.3 is 5.32 Å². The van der Waals surface area contributed by atoms with Crippen molar-refractivity contribution in [2.75, 3.05) is 12.4 Å². The molecule has 0 bridgehead atoms. The molecule has 1 N–H and O–H groups in total. The average molecular weight is 211 g/mol. The summed E-state index contributed by atoms with van der Waals surface area (Å²) in [4.78, 5) is 8.57. The highest BCUT2D eigenvalue weighted by Crippen LogP contribution is 2.32. The van der Waals surface area contributed by atoms with Gasteiger partial charge in [0.15, 0.2) is 0 Å². The van der Waals surface area contributed by atoms with Gasteiger partial charge in [0.2, 0.25) is 5.95 Å². The van der Waals surface area contributed by atoms with E-state index in [9.17, 15) is 0 Å². The van der Waals surface area contributed by atoms with Crippen LogP contribution in [0.25, 0.3) is 0 Å². The molecule has 1 heterocycles. The number of nitrogens with one attached hydrogen (secondary N) is 1. The predicted molar refractivity (Wildman–Crippen MR) is 61.9 cm³/mol. The normalized spacial score (nSPS) is 11.5. The van der Waals surface area contributed by atoms with Crippen LogP contribution in [0.5, 0.6) is 0 Å². The zero-order chi connectivity index (χ0) is 10.8. The molecule has 0 atom stereocenters. The second-order valence-electron chi connectivity index (χ2n) is 4.15. The second kappa shape index (κ2) is 4.17. The molecule has 0 aromatic carbocycles. The summed E-state index contributed by atoms with van der Waals surface area (Å²) in [5.74, 6) is 0.683. The molecule has 0 aliphatic heterocycles. The lowest BCUT2D eigenvalue weighted by molar-refractivity contribution is 0.797. The van der Waals surface area contributed by atoms with Crippen LogP contribution in [-0.2, 0) is 0 Å². The van der Waals surface area contributed by atoms with Crippen LogP contribution in [-0.4, -0.2) is 21.8 Å². The number of aromatic nitrogens is 2. The molecule has 78 valence electrons. The van der Waals surface area contributed by atoms with Gasteiger partial charge in [-0.2, -0.15) is 0 Å². The Morgan fingerprint density at radius 2 is 2.00 bits per heavy atom. The SMILES string of the molecule is CNc1ncc(C)c(SC(C)(C)C)n1. The molecular formula is C10H17N3S. The Morgan fingerprint density at radius 3 is 2.50 bits per heavy atom. The van der Waals surface area contributed by atoms with E-state index >= 15 is 0 Å². The van der Waals surface area contributed by atoms with E-state index < -0.39 is 0 Å². The summed E-state index contributed by atoms with van der Waals surface area (Å²) in [6, 6.07) is 0. The van der Waals surface area contributed by atoms with Crippen LogP contribution < -0.4 is 5.32 Å². The molecule has 0 unspecified atom stereocenters. The largest absolute Gasteiger partial charge is 0.357 e. The van der Waals surface area contributed by atoms with E-state index in [4.69, 9.17) is 0 Å². The van der Waals surface area contributed by atoms with Gasteiger partial charge in [-0.25, -0.2) is 9.97 Å². The smallest absolute Gasteiger partial charge is 0.223 e. The molecule has 1 rings (SSSR count). The first-order valence-corrected chi connectivity index (χ1v) is 5.44. The Kier molecular flexibility index (Phi) is 3.37. The van der Waals surface area contributed by atoms with Crippen LogP contribution in [0.1, 0.15) is 26.3 Å². The molecule has 0 saturated heterocycles. The van der Waals surface area contributed by atoms with Crippen molar-refractivity contribution in [2.24, 2.45) is 0 Å². The first-order chi connectivity index (χ1) is 6.42. The Labute approximate surface area is 89.7 Å². The minimum atomic E-state index is 0.185. The maximum absolute atomic E-state index is 4.42. The van der Waals surface area contributed by atoms with Crippen LogP contribution in [0.4, 0.5) is 5.95 Å². The van der Waals surface area contributed by atoms with Crippen LogP contribution >= 0.6 is 11.8 Å². The molecule has 0 spiro atoms. The molecular weight excluding hydrogens is 194 g/mol. The summed E-state index contributed by atoms with van der Waals surface area (Å²) in [5, 5.41) is 4.00. The Bertz CT molecular complexity index is 318. The third kappa shape index (κ3) is 3.18. The van der Waals surface area contributed by atoms with E-state index in [1.807, 2.05) is 20.2 Å². The highest BCUT2D eigenvalue weighted by Gasteiger charge is 2.15. The molecule has 0 saturated carbocycles. The molecule has 1 aromatic rings. The van der Waals surface area contributed by atoms with Crippen molar-refractivity contribution in [1.29, 1.82) is 0 Å². The van der Waals surface area contributed by atoms with Crippen molar-refractivity contribution in [3.8, 4) is 0 Å². The van der Waals surface area contributed by atoms with Gasteiger partial charge in [-0.1, -0.05) is 20.8 Å². The molecule has 3 nitrogen and oxygen atoms in total. The molecule has 0 aliphatic rings. The molecule has 0 amide bonds. The van der Waals surface area contributed by atoms with E-state index in [0.717, 1.165) is 10.6 Å². The topological polar surface area (TPSA) is 37.8 Å². The fraction of sp³-hybridized carbons (Fsp3) is 0.600. The number of hydrogen-bond donors (Lipinski definition) is 1. The molecule has 4 heteroatoms. The van der Waals surface area contributed by atoms with Gasteiger partial charge in [0, 0.05) is 18.0 Å². The van der Waals surface area contributed by atoms with E-state index in [2.05, 4.69) is 36.1 Å².